The minimum atomic E-state index is 0.519. The predicted octanol–water partition coefficient (Wildman–Crippen LogP) is 2.57. The van der Waals surface area contributed by atoms with Crippen LogP contribution in [0.25, 0.3) is 11.0 Å². The molecule has 0 spiro atoms. The van der Waals surface area contributed by atoms with Crippen molar-refractivity contribution < 1.29 is 9.47 Å². The summed E-state index contributed by atoms with van der Waals surface area (Å²) in [5.41, 5.74) is 4.21. The summed E-state index contributed by atoms with van der Waals surface area (Å²) in [7, 11) is 1.60. The molecule has 0 aliphatic heterocycles. The average molecular weight is 261 g/mol. The van der Waals surface area contributed by atoms with E-state index in [1.807, 2.05) is 20.8 Å². The van der Waals surface area contributed by atoms with E-state index in [0.717, 1.165) is 27.9 Å². The lowest BCUT2D eigenvalue weighted by atomic mass is 10.1. The number of methoxy groups -OCH3 is 1. The van der Waals surface area contributed by atoms with Crippen LogP contribution in [0, 0.1) is 13.8 Å². The Morgan fingerprint density at radius 2 is 1.79 bits per heavy atom. The number of fused-ring (bicyclic) bond motifs is 1. The van der Waals surface area contributed by atoms with E-state index in [2.05, 4.69) is 22.3 Å². The highest BCUT2D eigenvalue weighted by Crippen LogP contribution is 2.17. The fraction of sp³-hybridized carbons (Fsp3) is 0.429. The molecule has 5 nitrogen and oxygen atoms in total. The maximum atomic E-state index is 5.48. The Kier molecular flexibility index (Phi) is 4.04. The van der Waals surface area contributed by atoms with Gasteiger partial charge in [-0.25, -0.2) is 0 Å². The fourth-order valence-electron chi connectivity index (χ4n) is 1.88. The van der Waals surface area contributed by atoms with Crippen molar-refractivity contribution in [2.45, 2.75) is 27.3 Å². The normalized spacial score (nSPS) is 11.9. The van der Waals surface area contributed by atoms with Gasteiger partial charge in [-0.1, -0.05) is 12.1 Å². The number of aryl methyl sites for hydroxylation is 2. The Labute approximate surface area is 112 Å². The first-order chi connectivity index (χ1) is 9.11. The first-order valence-corrected chi connectivity index (χ1v) is 6.25. The van der Waals surface area contributed by atoms with Gasteiger partial charge in [0.15, 0.2) is 0 Å². The zero-order valence-corrected chi connectivity index (χ0v) is 11.8. The average Bonchev–Trinajstić information content (AvgIpc) is 2.80. The fourth-order valence-corrected chi connectivity index (χ4v) is 1.88. The maximum absolute atomic E-state index is 5.48. The molecule has 0 atom stereocenters. The Bertz CT molecular complexity index is 563. The molecule has 0 amide bonds. The summed E-state index contributed by atoms with van der Waals surface area (Å²) in [4.78, 5) is 1.69. The van der Waals surface area contributed by atoms with E-state index in [9.17, 15) is 0 Å². The molecule has 0 saturated carbocycles. The summed E-state index contributed by atoms with van der Waals surface area (Å²) < 4.78 is 10.3. The van der Waals surface area contributed by atoms with Gasteiger partial charge < -0.3 is 9.47 Å². The van der Waals surface area contributed by atoms with Gasteiger partial charge in [0.25, 0.3) is 0 Å². The van der Waals surface area contributed by atoms with Gasteiger partial charge in [0.05, 0.1) is 13.7 Å². The van der Waals surface area contributed by atoms with Crippen LogP contribution < -0.4 is 0 Å². The lowest BCUT2D eigenvalue weighted by Crippen LogP contribution is -2.08. The number of hydrogen-bond donors (Lipinski definition) is 0. The van der Waals surface area contributed by atoms with Gasteiger partial charge in [-0.15, -0.1) is 0 Å². The molecule has 0 radical (unpaired) electrons. The minimum absolute atomic E-state index is 0.519. The number of allylic oxidation sites excluding steroid dienone is 1. The number of hydrogen-bond acceptors (Lipinski definition) is 4. The zero-order valence-electron chi connectivity index (χ0n) is 11.8. The van der Waals surface area contributed by atoms with E-state index in [1.165, 1.54) is 0 Å². The summed E-state index contributed by atoms with van der Waals surface area (Å²) >= 11 is 0. The highest BCUT2D eigenvalue weighted by atomic mass is 16.5. The van der Waals surface area contributed by atoms with Crippen molar-refractivity contribution in [2.24, 2.45) is 0 Å². The topological polar surface area (TPSA) is 49.2 Å². The SMILES string of the molecule is COC=C(C)OCCn1nc2c(C)ccc(C)c2n1. The van der Waals surface area contributed by atoms with Gasteiger partial charge >= 0.3 is 0 Å². The monoisotopic (exact) mass is 261 g/mol. The van der Waals surface area contributed by atoms with Crippen molar-refractivity contribution in [1.29, 1.82) is 0 Å². The van der Waals surface area contributed by atoms with E-state index >= 15 is 0 Å². The van der Waals surface area contributed by atoms with Gasteiger partial charge in [0.1, 0.15) is 29.7 Å². The Morgan fingerprint density at radius 1 is 1.21 bits per heavy atom. The number of rotatable bonds is 5. The van der Waals surface area contributed by atoms with E-state index in [0.29, 0.717) is 13.2 Å². The predicted molar refractivity (Wildman–Crippen MR) is 73.7 cm³/mol. The van der Waals surface area contributed by atoms with Crippen LogP contribution in [-0.2, 0) is 16.0 Å². The van der Waals surface area contributed by atoms with Gasteiger partial charge in [0, 0.05) is 0 Å². The first kappa shape index (κ1) is 13.4. The highest BCUT2D eigenvalue weighted by Gasteiger charge is 2.07. The third-order valence-electron chi connectivity index (χ3n) is 2.89. The minimum Gasteiger partial charge on any atom is -0.501 e. The standard InChI is InChI=1S/C14H19N3O2/c1-10-5-6-11(2)14-13(10)15-17(16-14)7-8-19-12(3)9-18-4/h5-6,9H,7-8H2,1-4H3. The van der Waals surface area contributed by atoms with E-state index in [-0.39, 0.29) is 0 Å². The second-order valence-corrected chi connectivity index (χ2v) is 4.51. The number of aromatic nitrogens is 3. The summed E-state index contributed by atoms with van der Waals surface area (Å²) in [6.45, 7) is 7.07. The quantitative estimate of drug-likeness (QED) is 0.776. The van der Waals surface area contributed by atoms with Gasteiger partial charge in [-0.3, -0.25) is 0 Å². The van der Waals surface area contributed by atoms with Crippen LogP contribution in [0.5, 0.6) is 0 Å². The van der Waals surface area contributed by atoms with Gasteiger partial charge in [0.2, 0.25) is 0 Å². The molecule has 0 N–H and O–H groups in total. The highest BCUT2D eigenvalue weighted by molar-refractivity contribution is 5.80. The molecular weight excluding hydrogens is 242 g/mol. The maximum Gasteiger partial charge on any atom is 0.127 e. The van der Waals surface area contributed by atoms with Gasteiger partial charge in [-0.2, -0.15) is 15.0 Å². The molecular formula is C14H19N3O2. The molecule has 0 saturated heterocycles. The smallest absolute Gasteiger partial charge is 0.127 e. The second kappa shape index (κ2) is 5.73. The number of nitrogens with zero attached hydrogens (tertiary/aromatic N) is 3. The summed E-state index contributed by atoms with van der Waals surface area (Å²) in [5, 5.41) is 8.98. The van der Waals surface area contributed by atoms with Crippen LogP contribution in [0.2, 0.25) is 0 Å². The summed E-state index contributed by atoms with van der Waals surface area (Å²) in [5.74, 6) is 0.742. The molecule has 1 aromatic heterocycles. The van der Waals surface area contributed by atoms with Crippen LogP contribution in [0.4, 0.5) is 0 Å². The third-order valence-corrected chi connectivity index (χ3v) is 2.89. The molecule has 19 heavy (non-hydrogen) atoms. The Balaban J connectivity index is 2.08. The zero-order chi connectivity index (χ0) is 13.8. The van der Waals surface area contributed by atoms with E-state index < -0.39 is 0 Å². The molecule has 0 aliphatic carbocycles. The van der Waals surface area contributed by atoms with E-state index in [1.54, 1.807) is 18.2 Å². The summed E-state index contributed by atoms with van der Waals surface area (Å²) in [6.07, 6.45) is 1.57. The molecule has 5 heteroatoms. The largest absolute Gasteiger partial charge is 0.501 e. The molecule has 2 rings (SSSR count). The molecule has 1 aromatic carbocycles. The summed E-state index contributed by atoms with van der Waals surface area (Å²) in [6, 6.07) is 4.14. The molecule has 102 valence electrons. The van der Waals surface area contributed by atoms with Crippen molar-refractivity contribution in [3.8, 4) is 0 Å². The Hall–Kier alpha value is -2.04. The molecule has 0 aliphatic rings. The Morgan fingerprint density at radius 3 is 2.32 bits per heavy atom. The van der Waals surface area contributed by atoms with Crippen molar-refractivity contribution in [2.75, 3.05) is 13.7 Å². The third kappa shape index (κ3) is 3.05. The van der Waals surface area contributed by atoms with Crippen LogP contribution >= 0.6 is 0 Å². The molecule has 0 bridgehead atoms. The van der Waals surface area contributed by atoms with Crippen LogP contribution in [0.15, 0.2) is 24.2 Å². The van der Waals surface area contributed by atoms with Gasteiger partial charge in [-0.05, 0) is 31.9 Å². The van der Waals surface area contributed by atoms with Crippen molar-refractivity contribution in [3.05, 3.63) is 35.3 Å². The molecule has 0 fully saturated rings. The number of ether oxygens (including phenoxy) is 2. The second-order valence-electron chi connectivity index (χ2n) is 4.51. The molecule has 0 unspecified atom stereocenters. The van der Waals surface area contributed by atoms with Crippen molar-refractivity contribution in [1.82, 2.24) is 15.0 Å². The van der Waals surface area contributed by atoms with Crippen molar-refractivity contribution in [3.63, 3.8) is 0 Å². The van der Waals surface area contributed by atoms with Crippen LogP contribution in [0.1, 0.15) is 18.1 Å². The van der Waals surface area contributed by atoms with Crippen molar-refractivity contribution >= 4 is 11.0 Å². The molecule has 1 heterocycles. The lowest BCUT2D eigenvalue weighted by molar-refractivity contribution is 0.177. The first-order valence-electron chi connectivity index (χ1n) is 6.25. The van der Waals surface area contributed by atoms with Crippen LogP contribution in [-0.4, -0.2) is 28.7 Å². The number of benzene rings is 1. The van der Waals surface area contributed by atoms with E-state index in [4.69, 9.17) is 9.47 Å². The van der Waals surface area contributed by atoms with Crippen LogP contribution in [0.3, 0.4) is 0 Å². The lowest BCUT2D eigenvalue weighted by Gasteiger charge is -2.04. The molecule has 2 aromatic rings.